The Labute approximate surface area is 184 Å². The highest BCUT2D eigenvalue weighted by Crippen LogP contribution is 2.30. The first-order valence-electron chi connectivity index (χ1n) is 10.2. The van der Waals surface area contributed by atoms with Gasteiger partial charge in [0.25, 0.3) is 0 Å². The van der Waals surface area contributed by atoms with Crippen LogP contribution in [0.5, 0.6) is 5.75 Å². The van der Waals surface area contributed by atoms with Crippen LogP contribution >= 0.6 is 0 Å². The Hall–Kier alpha value is -3.29. The molecule has 1 N–H and O–H groups in total. The average Bonchev–Trinajstić information content (AvgIpc) is 3.12. The number of aromatic nitrogens is 2. The molecule has 2 aromatic carbocycles. The van der Waals surface area contributed by atoms with Gasteiger partial charge in [-0.15, -0.1) is 0 Å². The fourth-order valence-corrected chi connectivity index (χ4v) is 3.48. The second-order valence-electron chi connectivity index (χ2n) is 7.85. The number of halogens is 3. The Kier molecular flexibility index (Phi) is 6.91. The van der Waals surface area contributed by atoms with E-state index in [-0.39, 0.29) is 12.3 Å². The van der Waals surface area contributed by atoms with Crippen LogP contribution < -0.4 is 4.74 Å². The number of alkyl halides is 3. The summed E-state index contributed by atoms with van der Waals surface area (Å²) in [5, 5.41) is 13.3. The van der Waals surface area contributed by atoms with E-state index in [4.69, 9.17) is 9.84 Å². The number of carboxylic acids is 1. The second kappa shape index (κ2) is 9.46. The first-order chi connectivity index (χ1) is 15.0. The van der Waals surface area contributed by atoms with E-state index >= 15 is 0 Å². The molecule has 170 valence electrons. The summed E-state index contributed by atoms with van der Waals surface area (Å²) in [5.41, 5.74) is 3.52. The minimum atomic E-state index is -4.37. The molecule has 0 spiro atoms. The van der Waals surface area contributed by atoms with Gasteiger partial charge >= 0.3 is 12.1 Å². The van der Waals surface area contributed by atoms with Crippen molar-refractivity contribution in [2.45, 2.75) is 45.7 Å². The maximum absolute atomic E-state index is 12.8. The van der Waals surface area contributed by atoms with Gasteiger partial charge in [0, 0.05) is 18.5 Å². The largest absolute Gasteiger partial charge is 0.493 e. The average molecular weight is 446 g/mol. The standard InChI is InChI=1S/C24H25F3N2O3/c1-15-12-21(10-4-18(15)5-11-23(30)31)32-14-16(2)22-13-29(28-17(22)3)20-8-6-19(7-9-20)24(25,26)27/h4,6-10,12-13,16H,5,11,14H2,1-3H3,(H,30,31)/t16-/m1/s1. The highest BCUT2D eigenvalue weighted by Gasteiger charge is 2.30. The second-order valence-corrected chi connectivity index (χ2v) is 7.85. The van der Waals surface area contributed by atoms with Gasteiger partial charge in [0.05, 0.1) is 23.6 Å². The van der Waals surface area contributed by atoms with Gasteiger partial charge in [0.15, 0.2) is 0 Å². The van der Waals surface area contributed by atoms with Gasteiger partial charge in [-0.2, -0.15) is 18.3 Å². The molecule has 0 aliphatic heterocycles. The van der Waals surface area contributed by atoms with Crippen molar-refractivity contribution < 1.29 is 27.8 Å². The molecule has 0 unspecified atom stereocenters. The van der Waals surface area contributed by atoms with Crippen LogP contribution in [0.15, 0.2) is 48.7 Å². The number of carbonyl (C=O) groups is 1. The monoisotopic (exact) mass is 446 g/mol. The van der Waals surface area contributed by atoms with Crippen LogP contribution in [0.25, 0.3) is 5.69 Å². The van der Waals surface area contributed by atoms with Crippen molar-refractivity contribution in [3.63, 3.8) is 0 Å². The minimum absolute atomic E-state index is 0.00481. The number of hydrogen-bond donors (Lipinski definition) is 1. The number of hydrogen-bond acceptors (Lipinski definition) is 3. The van der Waals surface area contributed by atoms with Crippen molar-refractivity contribution in [2.24, 2.45) is 0 Å². The van der Waals surface area contributed by atoms with Crippen LogP contribution in [-0.4, -0.2) is 27.5 Å². The Morgan fingerprint density at radius 1 is 1.16 bits per heavy atom. The van der Waals surface area contributed by atoms with Crippen LogP contribution in [0, 0.1) is 13.8 Å². The lowest BCUT2D eigenvalue weighted by Gasteiger charge is -2.14. The topological polar surface area (TPSA) is 64.4 Å². The summed E-state index contributed by atoms with van der Waals surface area (Å²) in [6, 6.07) is 10.5. The summed E-state index contributed by atoms with van der Waals surface area (Å²) in [4.78, 5) is 10.8. The zero-order valence-corrected chi connectivity index (χ0v) is 18.1. The van der Waals surface area contributed by atoms with E-state index in [1.807, 2.05) is 45.2 Å². The lowest BCUT2D eigenvalue weighted by atomic mass is 10.0. The zero-order chi connectivity index (χ0) is 23.5. The Morgan fingerprint density at radius 2 is 1.84 bits per heavy atom. The van der Waals surface area contributed by atoms with Gasteiger partial charge in [-0.1, -0.05) is 13.0 Å². The van der Waals surface area contributed by atoms with Crippen molar-refractivity contribution in [1.29, 1.82) is 0 Å². The lowest BCUT2D eigenvalue weighted by Crippen LogP contribution is -2.08. The molecule has 0 aliphatic carbocycles. The first kappa shape index (κ1) is 23.4. The van der Waals surface area contributed by atoms with E-state index in [1.165, 1.54) is 12.1 Å². The summed E-state index contributed by atoms with van der Waals surface area (Å²) < 4.78 is 45.8. The number of carboxylic acid groups (broad SMARTS) is 1. The van der Waals surface area contributed by atoms with Crippen LogP contribution in [0.4, 0.5) is 13.2 Å². The third kappa shape index (κ3) is 5.69. The molecule has 0 bridgehead atoms. The summed E-state index contributed by atoms with van der Waals surface area (Å²) in [5.74, 6) is -0.128. The Morgan fingerprint density at radius 3 is 2.44 bits per heavy atom. The molecule has 0 fully saturated rings. The van der Waals surface area contributed by atoms with Gasteiger partial charge in [-0.05, 0) is 73.4 Å². The Balaban J connectivity index is 1.66. The smallest absolute Gasteiger partial charge is 0.416 e. The summed E-state index contributed by atoms with van der Waals surface area (Å²) in [6.07, 6.45) is -2.00. The molecular weight excluding hydrogens is 421 g/mol. The lowest BCUT2D eigenvalue weighted by molar-refractivity contribution is -0.138. The van der Waals surface area contributed by atoms with Crippen molar-refractivity contribution in [1.82, 2.24) is 9.78 Å². The molecule has 8 heteroatoms. The van der Waals surface area contributed by atoms with Gasteiger partial charge in [0.2, 0.25) is 0 Å². The molecule has 0 radical (unpaired) electrons. The normalized spacial score (nSPS) is 12.6. The molecule has 32 heavy (non-hydrogen) atoms. The highest BCUT2D eigenvalue weighted by atomic mass is 19.4. The molecule has 1 atom stereocenters. The van der Waals surface area contributed by atoms with Crippen molar-refractivity contribution in [3.8, 4) is 11.4 Å². The number of ether oxygens (including phenoxy) is 1. The molecule has 3 aromatic rings. The number of aliphatic carboxylic acids is 1. The predicted octanol–water partition coefficient (Wildman–Crippen LogP) is 5.71. The molecule has 5 nitrogen and oxygen atoms in total. The maximum atomic E-state index is 12.8. The van der Waals surface area contributed by atoms with Gasteiger partial charge in [-0.3, -0.25) is 4.79 Å². The number of nitrogens with zero attached hydrogens (tertiary/aromatic N) is 2. The summed E-state index contributed by atoms with van der Waals surface area (Å²) >= 11 is 0. The zero-order valence-electron chi connectivity index (χ0n) is 18.1. The summed E-state index contributed by atoms with van der Waals surface area (Å²) in [7, 11) is 0. The molecule has 0 amide bonds. The van der Waals surface area contributed by atoms with E-state index < -0.39 is 17.7 Å². The van der Waals surface area contributed by atoms with E-state index in [9.17, 15) is 18.0 Å². The first-order valence-corrected chi connectivity index (χ1v) is 10.2. The third-order valence-electron chi connectivity index (χ3n) is 5.35. The third-order valence-corrected chi connectivity index (χ3v) is 5.35. The number of benzene rings is 2. The molecule has 1 heterocycles. The van der Waals surface area contributed by atoms with Crippen molar-refractivity contribution >= 4 is 5.97 Å². The van der Waals surface area contributed by atoms with E-state index in [0.29, 0.717) is 24.5 Å². The van der Waals surface area contributed by atoms with Crippen LogP contribution in [0.3, 0.4) is 0 Å². The molecule has 0 aliphatic rings. The number of aryl methyl sites for hydroxylation is 3. The minimum Gasteiger partial charge on any atom is -0.493 e. The maximum Gasteiger partial charge on any atom is 0.416 e. The van der Waals surface area contributed by atoms with Crippen molar-refractivity contribution in [3.05, 3.63) is 76.6 Å². The van der Waals surface area contributed by atoms with E-state index in [2.05, 4.69) is 5.10 Å². The van der Waals surface area contributed by atoms with Crippen LogP contribution in [0.2, 0.25) is 0 Å². The predicted molar refractivity (Wildman–Crippen MR) is 114 cm³/mol. The van der Waals surface area contributed by atoms with Gasteiger partial charge in [-0.25, -0.2) is 4.68 Å². The van der Waals surface area contributed by atoms with E-state index in [1.54, 1.807) is 4.68 Å². The van der Waals surface area contributed by atoms with Crippen LogP contribution in [-0.2, 0) is 17.4 Å². The van der Waals surface area contributed by atoms with Crippen LogP contribution in [0.1, 0.15) is 47.2 Å². The highest BCUT2D eigenvalue weighted by molar-refractivity contribution is 5.67. The number of rotatable bonds is 8. The Bertz CT molecular complexity index is 1090. The van der Waals surface area contributed by atoms with Gasteiger partial charge < -0.3 is 9.84 Å². The fourth-order valence-electron chi connectivity index (χ4n) is 3.48. The SMILES string of the molecule is Cc1cc(OC[C@@H](C)c2cn(-c3ccc(C(F)(F)F)cc3)nc2C)ccc1CCC(=O)O. The summed E-state index contributed by atoms with van der Waals surface area (Å²) in [6.45, 7) is 6.17. The molecular formula is C24H25F3N2O3. The van der Waals surface area contributed by atoms with Gasteiger partial charge in [0.1, 0.15) is 5.75 Å². The van der Waals surface area contributed by atoms with Crippen molar-refractivity contribution in [2.75, 3.05) is 6.61 Å². The van der Waals surface area contributed by atoms with E-state index in [0.717, 1.165) is 34.5 Å². The molecule has 1 aromatic heterocycles. The fraction of sp³-hybridized carbons (Fsp3) is 0.333. The molecule has 0 saturated carbocycles. The quantitative estimate of drug-likeness (QED) is 0.482. The molecule has 0 saturated heterocycles. The molecule has 3 rings (SSSR count).